The number of rotatable bonds is 3. The SMILES string of the molecule is Cc1cc(C(=O)N2CCc3ccccc3C2)nc(Nc2ccc(F)c(Cl)c2)n1. The van der Waals surface area contributed by atoms with Crippen LogP contribution < -0.4 is 5.32 Å². The first-order valence-corrected chi connectivity index (χ1v) is 9.31. The van der Waals surface area contributed by atoms with Gasteiger partial charge in [0.25, 0.3) is 5.91 Å². The third-order valence-corrected chi connectivity index (χ3v) is 4.96. The summed E-state index contributed by atoms with van der Waals surface area (Å²) in [6.07, 6.45) is 0.825. The Morgan fingerprint density at radius 2 is 1.93 bits per heavy atom. The van der Waals surface area contributed by atoms with Crippen molar-refractivity contribution in [3.63, 3.8) is 0 Å². The molecule has 5 nitrogen and oxygen atoms in total. The molecule has 0 fully saturated rings. The maximum Gasteiger partial charge on any atom is 0.272 e. The molecule has 142 valence electrons. The molecule has 0 radical (unpaired) electrons. The van der Waals surface area contributed by atoms with E-state index in [-0.39, 0.29) is 16.9 Å². The van der Waals surface area contributed by atoms with Gasteiger partial charge in [-0.2, -0.15) is 0 Å². The van der Waals surface area contributed by atoms with Crippen molar-refractivity contribution in [2.75, 3.05) is 11.9 Å². The Morgan fingerprint density at radius 1 is 1.14 bits per heavy atom. The van der Waals surface area contributed by atoms with E-state index >= 15 is 0 Å². The molecule has 0 aliphatic carbocycles. The van der Waals surface area contributed by atoms with Crippen molar-refractivity contribution in [1.82, 2.24) is 14.9 Å². The van der Waals surface area contributed by atoms with Crippen LogP contribution in [0.2, 0.25) is 5.02 Å². The highest BCUT2D eigenvalue weighted by molar-refractivity contribution is 6.31. The number of aryl methyl sites for hydroxylation is 1. The third-order valence-electron chi connectivity index (χ3n) is 4.67. The molecular formula is C21H18ClFN4O. The van der Waals surface area contributed by atoms with E-state index < -0.39 is 5.82 Å². The summed E-state index contributed by atoms with van der Waals surface area (Å²) in [6, 6.07) is 14.1. The second kappa shape index (κ2) is 7.56. The number of amides is 1. The number of hydrogen-bond donors (Lipinski definition) is 1. The topological polar surface area (TPSA) is 58.1 Å². The van der Waals surface area contributed by atoms with Crippen LogP contribution in [0.5, 0.6) is 0 Å². The average Bonchev–Trinajstić information content (AvgIpc) is 2.69. The zero-order valence-corrected chi connectivity index (χ0v) is 16.0. The Morgan fingerprint density at radius 3 is 2.71 bits per heavy atom. The van der Waals surface area contributed by atoms with Crippen LogP contribution in [0, 0.1) is 12.7 Å². The van der Waals surface area contributed by atoms with Gasteiger partial charge in [-0.15, -0.1) is 0 Å². The van der Waals surface area contributed by atoms with E-state index in [9.17, 15) is 9.18 Å². The summed E-state index contributed by atoms with van der Waals surface area (Å²) in [6.45, 7) is 3.01. The first-order valence-electron chi connectivity index (χ1n) is 8.93. The van der Waals surface area contributed by atoms with E-state index in [0.29, 0.717) is 30.2 Å². The average molecular weight is 397 g/mol. The summed E-state index contributed by atoms with van der Waals surface area (Å²) in [7, 11) is 0. The Labute approximate surface area is 167 Å². The number of anilines is 2. The number of carbonyl (C=O) groups is 1. The molecule has 0 atom stereocenters. The summed E-state index contributed by atoms with van der Waals surface area (Å²) in [4.78, 5) is 23.5. The first-order chi connectivity index (χ1) is 13.5. The van der Waals surface area contributed by atoms with Crippen molar-refractivity contribution in [2.24, 2.45) is 0 Å². The maximum atomic E-state index is 13.3. The highest BCUT2D eigenvalue weighted by Gasteiger charge is 2.23. The number of benzene rings is 2. The molecule has 0 saturated heterocycles. The minimum absolute atomic E-state index is 0.000866. The van der Waals surface area contributed by atoms with Gasteiger partial charge in [-0.3, -0.25) is 4.79 Å². The van der Waals surface area contributed by atoms with Crippen LogP contribution >= 0.6 is 11.6 Å². The van der Waals surface area contributed by atoms with E-state index in [1.54, 1.807) is 17.9 Å². The predicted molar refractivity (Wildman–Crippen MR) is 106 cm³/mol. The molecule has 1 aliphatic rings. The monoisotopic (exact) mass is 396 g/mol. The van der Waals surface area contributed by atoms with Crippen molar-refractivity contribution in [3.05, 3.63) is 81.9 Å². The molecule has 0 bridgehead atoms. The second-order valence-corrected chi connectivity index (χ2v) is 7.12. The summed E-state index contributed by atoms with van der Waals surface area (Å²) in [5, 5.41) is 2.98. The van der Waals surface area contributed by atoms with Gasteiger partial charge in [0.2, 0.25) is 5.95 Å². The van der Waals surface area contributed by atoms with Crippen LogP contribution in [0.3, 0.4) is 0 Å². The van der Waals surface area contributed by atoms with Crippen LogP contribution in [-0.2, 0) is 13.0 Å². The van der Waals surface area contributed by atoms with Crippen LogP contribution in [0.15, 0.2) is 48.5 Å². The first kappa shape index (κ1) is 18.4. The fourth-order valence-corrected chi connectivity index (χ4v) is 3.45. The van der Waals surface area contributed by atoms with Crippen molar-refractivity contribution in [1.29, 1.82) is 0 Å². The standard InChI is InChI=1S/C21H18ClFN4O/c1-13-10-19(20(28)27-9-8-14-4-2-3-5-15(14)12-27)26-21(24-13)25-16-6-7-18(23)17(22)11-16/h2-7,10-11H,8-9,12H2,1H3,(H,24,25,26). The van der Waals surface area contributed by atoms with E-state index in [1.807, 2.05) is 18.2 Å². The normalized spacial score (nSPS) is 13.2. The molecule has 1 aromatic heterocycles. The molecule has 1 amide bonds. The summed E-state index contributed by atoms with van der Waals surface area (Å²) in [5.74, 6) is -0.373. The molecule has 4 rings (SSSR count). The van der Waals surface area contributed by atoms with Crippen molar-refractivity contribution in [3.8, 4) is 0 Å². The zero-order chi connectivity index (χ0) is 19.7. The lowest BCUT2D eigenvalue weighted by molar-refractivity contribution is 0.0728. The van der Waals surface area contributed by atoms with Gasteiger partial charge in [0, 0.05) is 24.5 Å². The molecular weight excluding hydrogens is 379 g/mol. The molecule has 1 aliphatic heterocycles. The molecule has 28 heavy (non-hydrogen) atoms. The number of nitrogens with one attached hydrogen (secondary N) is 1. The zero-order valence-electron chi connectivity index (χ0n) is 15.2. The molecule has 0 saturated carbocycles. The largest absolute Gasteiger partial charge is 0.333 e. The van der Waals surface area contributed by atoms with Crippen molar-refractivity contribution in [2.45, 2.75) is 19.9 Å². The fraction of sp³-hybridized carbons (Fsp3) is 0.190. The van der Waals surface area contributed by atoms with Gasteiger partial charge < -0.3 is 10.2 Å². The molecule has 0 spiro atoms. The number of hydrogen-bond acceptors (Lipinski definition) is 4. The van der Waals surface area contributed by atoms with Gasteiger partial charge >= 0.3 is 0 Å². The molecule has 2 aromatic carbocycles. The molecule has 7 heteroatoms. The Balaban J connectivity index is 1.56. The second-order valence-electron chi connectivity index (χ2n) is 6.72. The molecule has 1 N–H and O–H groups in total. The fourth-order valence-electron chi connectivity index (χ4n) is 3.27. The number of carbonyl (C=O) groups excluding carboxylic acids is 1. The smallest absolute Gasteiger partial charge is 0.272 e. The molecule has 2 heterocycles. The summed E-state index contributed by atoms with van der Waals surface area (Å²) < 4.78 is 13.3. The number of halogens is 2. The van der Waals surface area contributed by atoms with Crippen LogP contribution in [0.25, 0.3) is 0 Å². The predicted octanol–water partition coefficient (Wildman–Crippen LogP) is 4.52. The highest BCUT2D eigenvalue weighted by atomic mass is 35.5. The summed E-state index contributed by atoms with van der Waals surface area (Å²) in [5.41, 5.74) is 3.96. The minimum atomic E-state index is -0.501. The molecule has 0 unspecified atom stereocenters. The molecule has 3 aromatic rings. The Hall–Kier alpha value is -2.99. The van der Waals surface area contributed by atoms with E-state index in [1.165, 1.54) is 23.8 Å². The van der Waals surface area contributed by atoms with Gasteiger partial charge in [-0.1, -0.05) is 35.9 Å². The third kappa shape index (κ3) is 3.82. The maximum absolute atomic E-state index is 13.3. The Bertz CT molecular complexity index is 1060. The van der Waals surface area contributed by atoms with E-state index in [4.69, 9.17) is 11.6 Å². The van der Waals surface area contributed by atoms with Crippen LogP contribution in [0.4, 0.5) is 16.0 Å². The number of nitrogens with zero attached hydrogens (tertiary/aromatic N) is 3. The lowest BCUT2D eigenvalue weighted by atomic mass is 10.00. The van der Waals surface area contributed by atoms with Crippen molar-refractivity contribution < 1.29 is 9.18 Å². The van der Waals surface area contributed by atoms with Gasteiger partial charge in [-0.05, 0) is 48.7 Å². The van der Waals surface area contributed by atoms with Crippen molar-refractivity contribution >= 4 is 29.1 Å². The lowest BCUT2D eigenvalue weighted by Gasteiger charge is -2.28. The number of aromatic nitrogens is 2. The Kier molecular flexibility index (Phi) is 4.96. The quantitative estimate of drug-likeness (QED) is 0.707. The highest BCUT2D eigenvalue weighted by Crippen LogP contribution is 2.23. The van der Waals surface area contributed by atoms with Crippen LogP contribution in [0.1, 0.15) is 27.3 Å². The van der Waals surface area contributed by atoms with Gasteiger partial charge in [0.05, 0.1) is 5.02 Å². The van der Waals surface area contributed by atoms with Crippen LogP contribution in [-0.4, -0.2) is 27.3 Å². The van der Waals surface area contributed by atoms with Gasteiger partial charge in [0.15, 0.2) is 0 Å². The minimum Gasteiger partial charge on any atom is -0.333 e. The van der Waals surface area contributed by atoms with Gasteiger partial charge in [0.1, 0.15) is 11.5 Å². The van der Waals surface area contributed by atoms with Gasteiger partial charge in [-0.25, -0.2) is 14.4 Å². The van der Waals surface area contributed by atoms with E-state index in [2.05, 4.69) is 21.4 Å². The lowest BCUT2D eigenvalue weighted by Crippen LogP contribution is -2.36. The number of fused-ring (bicyclic) bond motifs is 1. The van der Waals surface area contributed by atoms with E-state index in [0.717, 1.165) is 12.0 Å². The summed E-state index contributed by atoms with van der Waals surface area (Å²) >= 11 is 5.82.